The van der Waals surface area contributed by atoms with Crippen molar-refractivity contribution >= 4 is 17.8 Å². The number of methoxy groups -OCH3 is 1. The van der Waals surface area contributed by atoms with Gasteiger partial charge in [-0.3, -0.25) is 14.9 Å². The Labute approximate surface area is 157 Å². The second-order valence-electron chi connectivity index (χ2n) is 5.51. The molecule has 142 valence electrons. The number of hydrogen-bond acceptors (Lipinski definition) is 6. The van der Waals surface area contributed by atoms with E-state index in [-0.39, 0.29) is 5.56 Å². The number of hydrogen-bond donors (Lipinski definition) is 1. The summed E-state index contributed by atoms with van der Waals surface area (Å²) in [5, 5.41) is 2.16. The van der Waals surface area contributed by atoms with E-state index in [0.717, 1.165) is 0 Å². The zero-order valence-corrected chi connectivity index (χ0v) is 15.1. The molecule has 0 spiro atoms. The van der Waals surface area contributed by atoms with Crippen LogP contribution >= 0.6 is 0 Å². The van der Waals surface area contributed by atoms with Gasteiger partial charge in [0.05, 0.1) is 12.7 Å². The van der Waals surface area contributed by atoms with Gasteiger partial charge in [-0.15, -0.1) is 0 Å². The molecule has 2 aromatic rings. The first-order valence-electron chi connectivity index (χ1n) is 8.40. The molecule has 0 bridgehead atoms. The quantitative estimate of drug-likeness (QED) is 0.717. The number of amides is 2. The van der Waals surface area contributed by atoms with E-state index in [1.165, 1.54) is 13.2 Å². The van der Waals surface area contributed by atoms with Crippen LogP contribution in [0.1, 0.15) is 23.7 Å². The summed E-state index contributed by atoms with van der Waals surface area (Å²) in [5.41, 5.74) is 0.207. The summed E-state index contributed by atoms with van der Waals surface area (Å²) in [5.74, 6) is -1.20. The average Bonchev–Trinajstić information content (AvgIpc) is 2.70. The summed E-state index contributed by atoms with van der Waals surface area (Å²) >= 11 is 0. The molecule has 0 fully saturated rings. The molecule has 0 aliphatic heterocycles. The van der Waals surface area contributed by atoms with Crippen molar-refractivity contribution in [1.82, 2.24) is 5.32 Å². The summed E-state index contributed by atoms with van der Waals surface area (Å²) in [6.45, 7) is 1.18. The molecule has 7 heteroatoms. The van der Waals surface area contributed by atoms with Crippen molar-refractivity contribution in [1.29, 1.82) is 0 Å². The van der Waals surface area contributed by atoms with Gasteiger partial charge in [0, 0.05) is 0 Å². The highest BCUT2D eigenvalue weighted by atomic mass is 16.6. The molecule has 2 rings (SSSR count). The van der Waals surface area contributed by atoms with Crippen LogP contribution in [0.2, 0.25) is 0 Å². The SMILES string of the molecule is CC[C@H](Oc1ccccc1)C(=O)OCC(=O)NC(=O)c1ccccc1OC. The number of carbonyl (C=O) groups is 3. The fourth-order valence-electron chi connectivity index (χ4n) is 2.25. The van der Waals surface area contributed by atoms with Crippen molar-refractivity contribution in [2.75, 3.05) is 13.7 Å². The Balaban J connectivity index is 1.86. The molecule has 0 aliphatic carbocycles. The molecule has 0 unspecified atom stereocenters. The second kappa shape index (κ2) is 9.96. The number of benzene rings is 2. The Morgan fingerprint density at radius 3 is 2.33 bits per heavy atom. The number of esters is 1. The minimum absolute atomic E-state index is 0.207. The van der Waals surface area contributed by atoms with Crippen LogP contribution in [0.3, 0.4) is 0 Å². The van der Waals surface area contributed by atoms with Crippen LogP contribution in [0.25, 0.3) is 0 Å². The summed E-state index contributed by atoms with van der Waals surface area (Å²) < 4.78 is 15.6. The van der Waals surface area contributed by atoms with Crippen molar-refractivity contribution in [3.8, 4) is 11.5 Å². The monoisotopic (exact) mass is 371 g/mol. The van der Waals surface area contributed by atoms with Gasteiger partial charge in [-0.25, -0.2) is 4.79 Å². The first-order valence-corrected chi connectivity index (χ1v) is 8.40. The molecule has 7 nitrogen and oxygen atoms in total. The van der Waals surface area contributed by atoms with E-state index < -0.39 is 30.5 Å². The lowest BCUT2D eigenvalue weighted by molar-refractivity contribution is -0.155. The smallest absolute Gasteiger partial charge is 0.347 e. The molecular formula is C20H21NO6. The third-order valence-corrected chi connectivity index (χ3v) is 3.61. The molecule has 0 saturated carbocycles. The van der Waals surface area contributed by atoms with Crippen LogP contribution < -0.4 is 14.8 Å². The number of carbonyl (C=O) groups excluding carboxylic acids is 3. The zero-order chi connectivity index (χ0) is 19.6. The van der Waals surface area contributed by atoms with Gasteiger partial charge in [0.2, 0.25) is 0 Å². The first-order chi connectivity index (χ1) is 13.0. The molecular weight excluding hydrogens is 350 g/mol. The molecule has 1 atom stereocenters. The van der Waals surface area contributed by atoms with Crippen molar-refractivity contribution in [2.24, 2.45) is 0 Å². The van der Waals surface area contributed by atoms with E-state index in [1.54, 1.807) is 49.4 Å². The second-order valence-corrected chi connectivity index (χ2v) is 5.51. The number of ether oxygens (including phenoxy) is 3. The normalized spacial score (nSPS) is 11.2. The Bertz CT molecular complexity index is 790. The van der Waals surface area contributed by atoms with E-state index in [4.69, 9.17) is 14.2 Å². The Hall–Kier alpha value is -3.35. The number of para-hydroxylation sites is 2. The largest absolute Gasteiger partial charge is 0.496 e. The zero-order valence-electron chi connectivity index (χ0n) is 15.1. The molecule has 0 saturated heterocycles. The summed E-state index contributed by atoms with van der Waals surface area (Å²) in [6.07, 6.45) is -0.472. The minimum Gasteiger partial charge on any atom is -0.496 e. The van der Waals surface area contributed by atoms with Crippen LogP contribution in [0, 0.1) is 0 Å². The predicted molar refractivity (Wildman–Crippen MR) is 97.6 cm³/mol. The van der Waals surface area contributed by atoms with Crippen LogP contribution in [0.4, 0.5) is 0 Å². The standard InChI is InChI=1S/C20H21NO6/c1-3-16(27-14-9-5-4-6-10-14)20(24)26-13-18(22)21-19(23)15-11-7-8-12-17(15)25-2/h4-12,16H,3,13H2,1-2H3,(H,21,22,23)/t16-/m0/s1. The Morgan fingerprint density at radius 1 is 1.00 bits per heavy atom. The van der Waals surface area contributed by atoms with E-state index in [0.29, 0.717) is 17.9 Å². The van der Waals surface area contributed by atoms with Gasteiger partial charge in [-0.2, -0.15) is 0 Å². The molecule has 2 amide bonds. The van der Waals surface area contributed by atoms with Gasteiger partial charge in [-0.05, 0) is 30.7 Å². The molecule has 0 aliphatic rings. The van der Waals surface area contributed by atoms with Crippen molar-refractivity contribution in [2.45, 2.75) is 19.4 Å². The van der Waals surface area contributed by atoms with Crippen LogP contribution in [-0.4, -0.2) is 37.6 Å². The lowest BCUT2D eigenvalue weighted by Crippen LogP contribution is -2.36. The van der Waals surface area contributed by atoms with Crippen molar-refractivity contribution < 1.29 is 28.6 Å². The van der Waals surface area contributed by atoms with Crippen LogP contribution in [0.15, 0.2) is 54.6 Å². The van der Waals surface area contributed by atoms with Gasteiger partial charge in [0.25, 0.3) is 11.8 Å². The van der Waals surface area contributed by atoms with E-state index in [1.807, 2.05) is 6.07 Å². The highest BCUT2D eigenvalue weighted by molar-refractivity contribution is 6.06. The highest BCUT2D eigenvalue weighted by Gasteiger charge is 2.22. The Kier molecular flexibility index (Phi) is 7.37. The summed E-state index contributed by atoms with van der Waals surface area (Å²) in [4.78, 5) is 36.2. The topological polar surface area (TPSA) is 90.9 Å². The molecule has 1 N–H and O–H groups in total. The lowest BCUT2D eigenvalue weighted by Gasteiger charge is -2.16. The first kappa shape index (κ1) is 20.0. The van der Waals surface area contributed by atoms with E-state index >= 15 is 0 Å². The molecule has 0 aromatic heterocycles. The molecule has 0 heterocycles. The summed E-state index contributed by atoms with van der Waals surface area (Å²) in [7, 11) is 1.42. The minimum atomic E-state index is -0.842. The third-order valence-electron chi connectivity index (χ3n) is 3.61. The number of imide groups is 1. The lowest BCUT2D eigenvalue weighted by atomic mass is 10.2. The van der Waals surface area contributed by atoms with E-state index in [2.05, 4.69) is 5.32 Å². The summed E-state index contributed by atoms with van der Waals surface area (Å²) in [6, 6.07) is 15.3. The van der Waals surface area contributed by atoms with Gasteiger partial charge in [0.15, 0.2) is 12.7 Å². The fourth-order valence-corrected chi connectivity index (χ4v) is 2.25. The van der Waals surface area contributed by atoms with Crippen molar-refractivity contribution in [3.05, 3.63) is 60.2 Å². The molecule has 2 aromatic carbocycles. The predicted octanol–water partition coefficient (Wildman–Crippen LogP) is 2.35. The van der Waals surface area contributed by atoms with Gasteiger partial charge in [0.1, 0.15) is 11.5 Å². The van der Waals surface area contributed by atoms with Gasteiger partial charge in [-0.1, -0.05) is 37.3 Å². The average molecular weight is 371 g/mol. The number of nitrogens with one attached hydrogen (secondary N) is 1. The molecule has 27 heavy (non-hydrogen) atoms. The fraction of sp³-hybridized carbons (Fsp3) is 0.250. The maximum atomic E-state index is 12.1. The maximum absolute atomic E-state index is 12.1. The highest BCUT2D eigenvalue weighted by Crippen LogP contribution is 2.17. The van der Waals surface area contributed by atoms with Gasteiger partial charge < -0.3 is 14.2 Å². The Morgan fingerprint density at radius 2 is 1.67 bits per heavy atom. The van der Waals surface area contributed by atoms with Crippen LogP contribution in [-0.2, 0) is 14.3 Å². The number of rotatable bonds is 8. The maximum Gasteiger partial charge on any atom is 0.347 e. The molecule has 0 radical (unpaired) electrons. The van der Waals surface area contributed by atoms with Crippen LogP contribution in [0.5, 0.6) is 11.5 Å². The van der Waals surface area contributed by atoms with Crippen molar-refractivity contribution in [3.63, 3.8) is 0 Å². The van der Waals surface area contributed by atoms with E-state index in [9.17, 15) is 14.4 Å². The van der Waals surface area contributed by atoms with Gasteiger partial charge >= 0.3 is 5.97 Å². The third kappa shape index (κ3) is 5.85.